The third-order valence-electron chi connectivity index (χ3n) is 15.2. The number of amides is 11. The number of likely N-dealkylation sites (tertiary alicyclic amines) is 1. The number of nitrogens with zero attached hydrogens (tertiary/aromatic N) is 2. The molecule has 480 valence electrons. The molecule has 3 heterocycles. The number of phenolic OH excluding ortho intramolecular Hbond substituents is 1. The van der Waals surface area contributed by atoms with Gasteiger partial charge in [0.25, 0.3) is 0 Å². The van der Waals surface area contributed by atoms with Crippen LogP contribution < -0.4 is 65.1 Å². The number of nitrogens with one attached hydrogen (secondary N) is 10. The molecule has 0 unspecified atom stereocenters. The van der Waals surface area contributed by atoms with Gasteiger partial charge in [-0.3, -0.25) is 57.7 Å². The number of fused-ring (bicyclic) bond motifs is 1. The highest BCUT2D eigenvalue weighted by molar-refractivity contribution is 6.00. The van der Waals surface area contributed by atoms with Crippen LogP contribution in [0.1, 0.15) is 89.3 Å². The summed E-state index contributed by atoms with van der Waals surface area (Å²) in [5.41, 5.74) is 18.7. The third-order valence-corrected chi connectivity index (χ3v) is 15.2. The summed E-state index contributed by atoms with van der Waals surface area (Å²) in [6.45, 7) is 5.64. The zero-order valence-corrected chi connectivity index (χ0v) is 50.3. The number of aliphatic hydroxyl groups is 1. The SMILES string of the molecule is CC(C)C[C@H](NC(=O)[C@@H](Cc1c[nH]c2ccccc12)NC(=O)[C@H](Cc1ccc(O)cc1)NC(=O)[C@H](CO)NC(=O)[C@@H](NC(=O)[C@@H](Cc1ccccc1)NC(=O)[C@@H]1CCC(=O)N1)C(C)C)C(=O)N[C@@H](CCCN=C(N)N)C(=O)N1CCC[C@H]1C(=O)NCC(N)=O. The fourth-order valence-corrected chi connectivity index (χ4v) is 10.5. The van der Waals surface area contributed by atoms with Gasteiger partial charge in [-0.15, -0.1) is 0 Å². The van der Waals surface area contributed by atoms with E-state index in [0.717, 1.165) is 0 Å². The number of hydrogen-bond donors (Lipinski definition) is 15. The number of aromatic amines is 1. The van der Waals surface area contributed by atoms with E-state index in [1.807, 2.05) is 6.07 Å². The Morgan fingerprint density at radius 1 is 0.652 bits per heavy atom. The summed E-state index contributed by atoms with van der Waals surface area (Å²) in [6, 6.07) is 9.87. The minimum Gasteiger partial charge on any atom is -0.508 e. The maximum atomic E-state index is 15.0. The number of aliphatic imine (C=N–C) groups is 1. The molecule has 2 fully saturated rings. The quantitative estimate of drug-likeness (QED) is 0.0142. The molecule has 0 spiro atoms. The van der Waals surface area contributed by atoms with E-state index in [2.05, 4.69) is 57.8 Å². The number of hydrogen-bond acceptors (Lipinski definition) is 14. The average molecular weight is 1230 g/mol. The molecule has 0 saturated carbocycles. The van der Waals surface area contributed by atoms with Crippen molar-refractivity contribution in [1.82, 2.24) is 57.7 Å². The van der Waals surface area contributed by atoms with Crippen molar-refractivity contribution < 1.29 is 63.0 Å². The molecular weight excluding hydrogens is 1150 g/mol. The lowest BCUT2D eigenvalue weighted by atomic mass is 9.99. The Labute approximate surface area is 514 Å². The van der Waals surface area contributed by atoms with Crippen LogP contribution in [0.2, 0.25) is 0 Å². The molecule has 2 saturated heterocycles. The zero-order valence-electron chi connectivity index (χ0n) is 50.3. The zero-order chi connectivity index (χ0) is 64.9. The molecule has 28 nitrogen and oxygen atoms in total. The molecule has 2 aliphatic heterocycles. The number of carbonyl (C=O) groups is 11. The van der Waals surface area contributed by atoms with Crippen molar-refractivity contribution in [3.63, 3.8) is 0 Å². The normalized spacial score (nSPS) is 16.9. The molecule has 6 rings (SSSR count). The van der Waals surface area contributed by atoms with E-state index in [9.17, 15) is 63.0 Å². The number of aromatic nitrogens is 1. The van der Waals surface area contributed by atoms with Crippen molar-refractivity contribution in [2.75, 3.05) is 26.2 Å². The van der Waals surface area contributed by atoms with Gasteiger partial charge in [0, 0.05) is 55.9 Å². The van der Waals surface area contributed by atoms with Gasteiger partial charge in [-0.05, 0) is 85.3 Å². The van der Waals surface area contributed by atoms with Crippen molar-refractivity contribution in [1.29, 1.82) is 0 Å². The molecule has 2 aliphatic rings. The number of benzene rings is 3. The highest BCUT2D eigenvalue weighted by Crippen LogP contribution is 2.23. The van der Waals surface area contributed by atoms with Crippen LogP contribution in [0.5, 0.6) is 5.75 Å². The van der Waals surface area contributed by atoms with Gasteiger partial charge in [-0.1, -0.05) is 88.4 Å². The summed E-state index contributed by atoms with van der Waals surface area (Å²) >= 11 is 0. The number of rotatable bonds is 32. The van der Waals surface area contributed by atoms with Gasteiger partial charge in [0.05, 0.1) is 13.2 Å². The summed E-state index contributed by atoms with van der Waals surface area (Å²) in [5, 5.41) is 45.4. The van der Waals surface area contributed by atoms with Crippen LogP contribution in [0.3, 0.4) is 0 Å². The lowest BCUT2D eigenvalue weighted by Crippen LogP contribution is -2.62. The second-order valence-electron chi connectivity index (χ2n) is 23.0. The van der Waals surface area contributed by atoms with E-state index in [4.69, 9.17) is 17.2 Å². The number of para-hydroxylation sites is 1. The summed E-state index contributed by atoms with van der Waals surface area (Å²) in [7, 11) is 0. The van der Waals surface area contributed by atoms with Crippen molar-refractivity contribution in [2.45, 2.75) is 146 Å². The molecule has 1 aromatic heterocycles. The van der Waals surface area contributed by atoms with Gasteiger partial charge in [0.2, 0.25) is 65.0 Å². The van der Waals surface area contributed by atoms with Gasteiger partial charge >= 0.3 is 0 Å². The topological polar surface area (TPSA) is 446 Å². The monoisotopic (exact) mass is 1230 g/mol. The van der Waals surface area contributed by atoms with Gasteiger partial charge in [0.15, 0.2) is 5.96 Å². The summed E-state index contributed by atoms with van der Waals surface area (Å²) in [6.07, 6.45) is 2.50. The molecule has 18 N–H and O–H groups in total. The Kier molecular flexibility index (Phi) is 25.4. The highest BCUT2D eigenvalue weighted by atomic mass is 16.3. The van der Waals surface area contributed by atoms with E-state index >= 15 is 0 Å². The largest absolute Gasteiger partial charge is 0.508 e. The Hall–Kier alpha value is -9.60. The number of carbonyl (C=O) groups excluding carboxylic acids is 11. The Balaban J connectivity index is 1.25. The molecule has 89 heavy (non-hydrogen) atoms. The van der Waals surface area contributed by atoms with Crippen molar-refractivity contribution in [3.05, 3.63) is 102 Å². The summed E-state index contributed by atoms with van der Waals surface area (Å²) in [4.78, 5) is 160. The predicted molar refractivity (Wildman–Crippen MR) is 327 cm³/mol. The number of nitrogens with two attached hydrogens (primary N) is 3. The number of aromatic hydroxyl groups is 1. The first-order valence-corrected chi connectivity index (χ1v) is 29.7. The Bertz CT molecular complexity index is 3190. The van der Waals surface area contributed by atoms with Crippen LogP contribution in [-0.4, -0.2) is 172 Å². The highest BCUT2D eigenvalue weighted by Gasteiger charge is 2.40. The van der Waals surface area contributed by atoms with Gasteiger partial charge in [-0.25, -0.2) is 0 Å². The first-order valence-electron chi connectivity index (χ1n) is 29.7. The van der Waals surface area contributed by atoms with Gasteiger partial charge in [0.1, 0.15) is 60.1 Å². The molecular formula is C61H83N15O13. The maximum absolute atomic E-state index is 15.0. The smallest absolute Gasteiger partial charge is 0.245 e. The average Bonchev–Trinajstić information content (AvgIpc) is 3.27. The maximum Gasteiger partial charge on any atom is 0.245 e. The number of guanidine groups is 1. The summed E-state index contributed by atoms with van der Waals surface area (Å²) < 4.78 is 0. The van der Waals surface area contributed by atoms with E-state index in [0.29, 0.717) is 34.0 Å². The molecule has 0 radical (unpaired) electrons. The van der Waals surface area contributed by atoms with Crippen LogP contribution in [0.4, 0.5) is 0 Å². The van der Waals surface area contributed by atoms with Crippen LogP contribution >= 0.6 is 0 Å². The molecule has 0 bridgehead atoms. The minimum absolute atomic E-state index is 0.000501. The van der Waals surface area contributed by atoms with E-state index in [1.165, 1.54) is 29.2 Å². The van der Waals surface area contributed by atoms with E-state index in [-0.39, 0.29) is 94.4 Å². The second-order valence-corrected chi connectivity index (χ2v) is 23.0. The fourth-order valence-electron chi connectivity index (χ4n) is 10.5. The lowest BCUT2D eigenvalue weighted by Gasteiger charge is -2.30. The number of phenols is 1. The van der Waals surface area contributed by atoms with Crippen LogP contribution in [0, 0.1) is 11.8 Å². The number of aliphatic hydroxyl groups excluding tert-OH is 1. The number of H-pyrrole nitrogens is 1. The first kappa shape index (κ1) is 68.5. The molecule has 28 heteroatoms. The molecule has 4 aromatic rings. The van der Waals surface area contributed by atoms with Gasteiger partial charge < -0.3 is 85.1 Å². The molecule has 11 amide bonds. The van der Waals surface area contributed by atoms with Gasteiger partial charge in [-0.2, -0.15) is 0 Å². The van der Waals surface area contributed by atoms with Crippen LogP contribution in [0.15, 0.2) is 90.1 Å². The lowest BCUT2D eigenvalue weighted by molar-refractivity contribution is -0.142. The fraction of sp³-hybridized carbons (Fsp3) is 0.475. The molecule has 3 aromatic carbocycles. The predicted octanol–water partition coefficient (Wildman–Crippen LogP) is -2.09. The van der Waals surface area contributed by atoms with Crippen LogP contribution in [-0.2, 0) is 72.0 Å². The third kappa shape index (κ3) is 20.5. The van der Waals surface area contributed by atoms with E-state index in [1.54, 1.807) is 82.4 Å². The number of primary amides is 1. The Morgan fingerprint density at radius 3 is 1.84 bits per heavy atom. The first-order chi connectivity index (χ1) is 42.4. The molecule has 9 atom stereocenters. The van der Waals surface area contributed by atoms with Crippen molar-refractivity contribution >= 4 is 81.8 Å². The minimum atomic E-state index is -1.74. The Morgan fingerprint density at radius 2 is 1.22 bits per heavy atom. The molecule has 0 aliphatic carbocycles. The van der Waals surface area contributed by atoms with Crippen molar-refractivity contribution in [2.24, 2.45) is 34.0 Å². The van der Waals surface area contributed by atoms with Crippen molar-refractivity contribution in [3.8, 4) is 5.75 Å². The van der Waals surface area contributed by atoms with E-state index < -0.39 is 133 Å². The standard InChI is InChI=1S/C61H83N15O13/c1-33(2)26-43(53(82)69-42(16-10-24-65-61(63)64)60(89)76-25-11-17-48(76)58(87)67-31-49(62)79)70-55(84)46(29-37-30-66-40-15-9-8-14-39(37)40)73-54(83)44(28-36-18-20-38(78)21-19-36)72-57(86)47(32-77)74-59(88)51(34(3)4)75-56(85)45(27-35-12-6-5-7-13-35)71-52(81)41-22-23-50(80)68-41/h5-9,12-15,18-21,30,33-34,41-48,51,66,77-78H,10-11,16-17,22-29,31-32H2,1-4H3,(H2,62,79)(H,67,87)(H,68,80)(H,69,82)(H,70,84)(H,71,81)(H,72,86)(H,73,83)(H,74,88)(H,75,85)(H4,63,64,65)/t41-,42-,43-,44-,45+,46+,47-,48-,51-/m0/s1. The van der Waals surface area contributed by atoms with Crippen LogP contribution in [0.25, 0.3) is 10.9 Å². The summed E-state index contributed by atoms with van der Waals surface area (Å²) in [5.74, 6) is -9.37. The second kappa shape index (κ2) is 32.9.